The Labute approximate surface area is 249 Å². The van der Waals surface area contributed by atoms with Crippen molar-refractivity contribution in [2.24, 2.45) is 14.1 Å². The third-order valence-corrected chi connectivity index (χ3v) is 9.38. The van der Waals surface area contributed by atoms with Gasteiger partial charge in [0.25, 0.3) is 5.91 Å². The number of aliphatic carboxylic acids is 1. The molecule has 0 saturated heterocycles. The molecule has 0 bridgehead atoms. The van der Waals surface area contributed by atoms with E-state index in [2.05, 4.69) is 33.0 Å². The number of hydrogen-bond acceptors (Lipinski definition) is 5. The van der Waals surface area contributed by atoms with Crippen LogP contribution in [-0.2, 0) is 24.4 Å². The Morgan fingerprint density at radius 2 is 1.81 bits per heavy atom. The van der Waals surface area contributed by atoms with Crippen LogP contribution in [0.15, 0.2) is 61.1 Å². The second kappa shape index (κ2) is 10.5. The maximum absolute atomic E-state index is 13.9. The summed E-state index contributed by atoms with van der Waals surface area (Å²) >= 11 is 0. The van der Waals surface area contributed by atoms with Crippen molar-refractivity contribution in [2.75, 3.05) is 0 Å². The molecule has 2 saturated carbocycles. The van der Waals surface area contributed by atoms with Crippen LogP contribution in [0.4, 0.5) is 0 Å². The van der Waals surface area contributed by atoms with Crippen molar-refractivity contribution in [3.8, 4) is 11.4 Å². The fourth-order valence-electron chi connectivity index (χ4n) is 7.11. The van der Waals surface area contributed by atoms with Crippen LogP contribution in [0.3, 0.4) is 0 Å². The molecule has 0 radical (unpaired) electrons. The van der Waals surface area contributed by atoms with Crippen molar-refractivity contribution in [1.29, 1.82) is 0 Å². The number of rotatable bonds is 7. The van der Waals surface area contributed by atoms with Gasteiger partial charge in [-0.05, 0) is 79.5 Å². The van der Waals surface area contributed by atoms with E-state index in [-0.39, 0.29) is 5.91 Å². The number of carbonyl (C=O) groups is 2. The Balaban J connectivity index is 1.24. The normalized spacial score (nSPS) is 16.7. The van der Waals surface area contributed by atoms with E-state index >= 15 is 0 Å². The lowest BCUT2D eigenvalue weighted by molar-refractivity contribution is -0.131. The zero-order chi connectivity index (χ0) is 29.7. The number of imidazole rings is 1. The molecule has 0 spiro atoms. The topological polar surface area (TPSA) is 115 Å². The first-order valence-electron chi connectivity index (χ1n) is 14.9. The average molecular weight is 575 g/mol. The smallest absolute Gasteiger partial charge is 0.328 e. The summed E-state index contributed by atoms with van der Waals surface area (Å²) in [6.07, 6.45) is 15.3. The third-order valence-electron chi connectivity index (χ3n) is 9.38. The highest BCUT2D eigenvalue weighted by Gasteiger charge is 2.44. The van der Waals surface area contributed by atoms with Gasteiger partial charge in [-0.25, -0.2) is 9.78 Å². The molecule has 2 aliphatic carbocycles. The van der Waals surface area contributed by atoms with Gasteiger partial charge >= 0.3 is 5.97 Å². The number of aryl methyl sites for hydroxylation is 2. The summed E-state index contributed by atoms with van der Waals surface area (Å²) in [6, 6.07) is 11.8. The molecule has 7 rings (SSSR count). The van der Waals surface area contributed by atoms with Crippen molar-refractivity contribution in [2.45, 2.75) is 56.4 Å². The van der Waals surface area contributed by atoms with Crippen LogP contribution >= 0.6 is 0 Å². The molecule has 0 unspecified atom stereocenters. The van der Waals surface area contributed by atoms with E-state index in [0.29, 0.717) is 11.5 Å². The highest BCUT2D eigenvalue weighted by molar-refractivity contribution is 6.01. The van der Waals surface area contributed by atoms with Gasteiger partial charge in [0.2, 0.25) is 0 Å². The van der Waals surface area contributed by atoms with Gasteiger partial charge in [-0.15, -0.1) is 0 Å². The minimum Gasteiger partial charge on any atom is -0.478 e. The number of aromatic nitrogens is 5. The van der Waals surface area contributed by atoms with E-state index in [1.807, 2.05) is 48.1 Å². The fraction of sp³-hybridized carbons (Fsp3) is 0.324. The number of carboxylic acids is 1. The van der Waals surface area contributed by atoms with Gasteiger partial charge in [-0.1, -0.05) is 25.0 Å². The lowest BCUT2D eigenvalue weighted by atomic mass is 9.75. The second-order valence-electron chi connectivity index (χ2n) is 11.9. The summed E-state index contributed by atoms with van der Waals surface area (Å²) in [4.78, 5) is 38.8. The molecular formula is C34H34N6O3. The van der Waals surface area contributed by atoms with Crippen LogP contribution in [0.2, 0.25) is 0 Å². The molecule has 218 valence electrons. The number of nitrogens with zero attached hydrogens (tertiary/aromatic N) is 5. The molecule has 9 heteroatoms. The first kappa shape index (κ1) is 27.1. The number of fused-ring (bicyclic) bond motifs is 2. The summed E-state index contributed by atoms with van der Waals surface area (Å²) in [5.74, 6) is 0.167. The maximum Gasteiger partial charge on any atom is 0.328 e. The number of hydrogen-bond donors (Lipinski definition) is 2. The first-order chi connectivity index (χ1) is 20.8. The van der Waals surface area contributed by atoms with Crippen LogP contribution in [0, 0.1) is 0 Å². The summed E-state index contributed by atoms with van der Waals surface area (Å²) in [6.45, 7) is 0. The number of carboxylic acid groups (broad SMARTS) is 1. The molecule has 2 N–H and O–H groups in total. The molecule has 9 nitrogen and oxygen atoms in total. The van der Waals surface area contributed by atoms with E-state index in [1.165, 1.54) is 23.8 Å². The summed E-state index contributed by atoms with van der Waals surface area (Å²) in [7, 11) is 4.03. The van der Waals surface area contributed by atoms with Crippen LogP contribution in [0.5, 0.6) is 0 Å². The monoisotopic (exact) mass is 574 g/mol. The van der Waals surface area contributed by atoms with E-state index in [1.54, 1.807) is 18.5 Å². The van der Waals surface area contributed by atoms with E-state index in [4.69, 9.17) is 10.1 Å². The number of nitrogens with one attached hydrogen (secondary N) is 1. The number of carbonyl (C=O) groups excluding carboxylic acids is 1. The number of amides is 1. The SMILES string of the molecule is Cn1c(C2(NC(=O)c3ccc4c(C5CCCC5)c(-c5cnccn5)n(C)c4c3)CCC2)nc2cc(/C=C/C(=O)O)ccc21. The Morgan fingerprint density at radius 1 is 1.00 bits per heavy atom. The lowest BCUT2D eigenvalue weighted by Gasteiger charge is -2.41. The van der Waals surface area contributed by atoms with Crippen molar-refractivity contribution in [1.82, 2.24) is 29.4 Å². The molecule has 2 fully saturated rings. The summed E-state index contributed by atoms with van der Waals surface area (Å²) in [5, 5.41) is 13.5. The van der Waals surface area contributed by atoms with Gasteiger partial charge in [0.1, 0.15) is 11.5 Å². The van der Waals surface area contributed by atoms with Crippen LogP contribution < -0.4 is 5.32 Å². The van der Waals surface area contributed by atoms with E-state index in [0.717, 1.165) is 77.5 Å². The van der Waals surface area contributed by atoms with Crippen molar-refractivity contribution in [3.05, 3.63) is 83.6 Å². The van der Waals surface area contributed by atoms with Gasteiger partial charge in [0.05, 0.1) is 28.5 Å². The molecule has 2 aromatic carbocycles. The van der Waals surface area contributed by atoms with Crippen LogP contribution in [-0.4, -0.2) is 41.1 Å². The highest BCUT2D eigenvalue weighted by atomic mass is 16.4. The Morgan fingerprint density at radius 3 is 2.51 bits per heavy atom. The summed E-state index contributed by atoms with van der Waals surface area (Å²) < 4.78 is 4.21. The maximum atomic E-state index is 13.9. The largest absolute Gasteiger partial charge is 0.478 e. The van der Waals surface area contributed by atoms with Crippen LogP contribution in [0.25, 0.3) is 39.4 Å². The zero-order valence-electron chi connectivity index (χ0n) is 24.4. The van der Waals surface area contributed by atoms with Gasteiger partial charge in [0.15, 0.2) is 0 Å². The number of benzene rings is 2. The Hall–Kier alpha value is -4.79. The van der Waals surface area contributed by atoms with Gasteiger partial charge < -0.3 is 19.6 Å². The molecule has 0 aliphatic heterocycles. The van der Waals surface area contributed by atoms with E-state index in [9.17, 15) is 9.59 Å². The van der Waals surface area contributed by atoms with Crippen molar-refractivity contribution >= 4 is 39.9 Å². The van der Waals surface area contributed by atoms with Crippen molar-refractivity contribution in [3.63, 3.8) is 0 Å². The summed E-state index contributed by atoms with van der Waals surface area (Å²) in [5.41, 5.74) is 6.79. The lowest BCUT2D eigenvalue weighted by Crippen LogP contribution is -2.52. The molecule has 0 atom stereocenters. The standard InChI is InChI=1S/C34H34N6O3/c1-39-28-19-23(10-11-24(28)30(22-6-3-4-7-22)31(39)26-20-35-16-17-36-26)32(43)38-34(14-5-15-34)33-37-25-18-21(9-13-29(41)42)8-12-27(25)40(33)2/h8-13,16-20,22H,3-7,14-15H2,1-2H3,(H,38,43)(H,41,42)/b13-9+. The van der Waals surface area contributed by atoms with Gasteiger partial charge in [-0.3, -0.25) is 14.8 Å². The Bertz CT molecular complexity index is 1910. The molecule has 2 aliphatic rings. The fourth-order valence-corrected chi connectivity index (χ4v) is 7.11. The predicted octanol–water partition coefficient (Wildman–Crippen LogP) is 6.09. The third kappa shape index (κ3) is 4.59. The molecule has 3 heterocycles. The van der Waals surface area contributed by atoms with Gasteiger partial charge in [-0.2, -0.15) is 0 Å². The van der Waals surface area contributed by atoms with Gasteiger partial charge in [0, 0.05) is 49.0 Å². The molecule has 3 aromatic heterocycles. The second-order valence-corrected chi connectivity index (χ2v) is 11.9. The Kier molecular flexibility index (Phi) is 6.60. The molecular weight excluding hydrogens is 540 g/mol. The first-order valence-corrected chi connectivity index (χ1v) is 14.9. The van der Waals surface area contributed by atoms with Crippen molar-refractivity contribution < 1.29 is 14.7 Å². The highest BCUT2D eigenvalue weighted by Crippen LogP contribution is 2.45. The minimum atomic E-state index is -0.994. The molecule has 1 amide bonds. The average Bonchev–Trinajstić information content (AvgIpc) is 3.71. The zero-order valence-corrected chi connectivity index (χ0v) is 24.4. The predicted molar refractivity (Wildman–Crippen MR) is 166 cm³/mol. The molecule has 5 aromatic rings. The minimum absolute atomic E-state index is 0.122. The van der Waals surface area contributed by atoms with Crippen LogP contribution in [0.1, 0.15) is 78.2 Å². The van der Waals surface area contributed by atoms with E-state index < -0.39 is 11.5 Å². The molecule has 43 heavy (non-hydrogen) atoms. The quantitative estimate of drug-likeness (QED) is 0.228.